The molecule has 1 aliphatic rings. The number of carbonyl (C=O) groups is 1. The number of rotatable bonds is 5. The highest BCUT2D eigenvalue weighted by Gasteiger charge is 2.33. The Hall–Kier alpha value is -2.73. The van der Waals surface area contributed by atoms with Gasteiger partial charge in [-0.05, 0) is 43.7 Å². The van der Waals surface area contributed by atoms with Crippen LogP contribution in [-0.2, 0) is 4.84 Å². The quantitative estimate of drug-likeness (QED) is 0.865. The molecule has 6 heteroatoms. The molecule has 0 radical (unpaired) electrons. The van der Waals surface area contributed by atoms with E-state index in [2.05, 4.69) is 10.5 Å². The summed E-state index contributed by atoms with van der Waals surface area (Å²) in [6.45, 7) is 3.50. The van der Waals surface area contributed by atoms with Crippen LogP contribution in [0.15, 0.2) is 53.7 Å². The fraction of sp³-hybridized carbons (Fsp3) is 0.300. The second-order valence-corrected chi connectivity index (χ2v) is 6.45. The van der Waals surface area contributed by atoms with Crippen molar-refractivity contribution >= 4 is 11.6 Å². The summed E-state index contributed by atoms with van der Waals surface area (Å²) in [7, 11) is 0. The number of nitrogens with zero attached hydrogens (tertiary/aromatic N) is 1. The molecule has 0 fully saturated rings. The molecule has 2 aromatic rings. The van der Waals surface area contributed by atoms with E-state index in [1.807, 2.05) is 13.0 Å². The van der Waals surface area contributed by atoms with Gasteiger partial charge in [-0.25, -0.2) is 4.39 Å². The monoisotopic (exact) mass is 356 g/mol. The Morgan fingerprint density at radius 1 is 1.31 bits per heavy atom. The van der Waals surface area contributed by atoms with Crippen LogP contribution in [0.2, 0.25) is 0 Å². The topological polar surface area (TPSA) is 70.9 Å². The minimum atomic E-state index is -0.312. The van der Waals surface area contributed by atoms with Gasteiger partial charge >= 0.3 is 0 Å². The Balaban J connectivity index is 1.83. The van der Waals surface area contributed by atoms with Crippen LogP contribution in [0.5, 0.6) is 0 Å². The van der Waals surface area contributed by atoms with Gasteiger partial charge in [-0.3, -0.25) is 4.79 Å². The van der Waals surface area contributed by atoms with E-state index in [0.717, 1.165) is 11.1 Å². The fourth-order valence-corrected chi connectivity index (χ4v) is 2.99. The Labute approximate surface area is 151 Å². The van der Waals surface area contributed by atoms with Crippen LogP contribution in [-0.4, -0.2) is 35.5 Å². The molecule has 136 valence electrons. The first-order valence-electron chi connectivity index (χ1n) is 8.51. The summed E-state index contributed by atoms with van der Waals surface area (Å²) in [5.41, 5.74) is 2.81. The number of hydrogen-bond acceptors (Lipinski definition) is 4. The maximum atomic E-state index is 13.6. The van der Waals surface area contributed by atoms with Crippen LogP contribution in [0.1, 0.15) is 41.3 Å². The number of halogens is 1. The zero-order valence-corrected chi connectivity index (χ0v) is 14.6. The molecule has 0 aliphatic carbocycles. The molecule has 1 amide bonds. The molecule has 5 nitrogen and oxygen atoms in total. The first kappa shape index (κ1) is 18.1. The Bertz CT molecular complexity index is 820. The third-order valence-corrected chi connectivity index (χ3v) is 4.38. The van der Waals surface area contributed by atoms with E-state index < -0.39 is 0 Å². The number of amides is 1. The number of hydrogen-bond donors (Lipinski definition) is 2. The molecule has 0 spiro atoms. The van der Waals surface area contributed by atoms with E-state index in [9.17, 15) is 9.18 Å². The molecule has 0 saturated carbocycles. The molecule has 3 rings (SSSR count). The van der Waals surface area contributed by atoms with Crippen molar-refractivity contribution in [2.24, 2.45) is 5.16 Å². The van der Waals surface area contributed by atoms with Crippen LogP contribution in [0.3, 0.4) is 0 Å². The molecule has 3 unspecified atom stereocenters. The van der Waals surface area contributed by atoms with Gasteiger partial charge in [0.25, 0.3) is 5.91 Å². The van der Waals surface area contributed by atoms with Crippen molar-refractivity contribution < 1.29 is 19.1 Å². The van der Waals surface area contributed by atoms with Crippen molar-refractivity contribution in [2.75, 3.05) is 6.61 Å². The van der Waals surface area contributed by atoms with E-state index >= 15 is 0 Å². The summed E-state index contributed by atoms with van der Waals surface area (Å²) in [4.78, 5) is 17.5. The summed E-state index contributed by atoms with van der Waals surface area (Å²) in [5, 5.41) is 15.9. The zero-order chi connectivity index (χ0) is 18.7. The van der Waals surface area contributed by atoms with E-state index in [0.29, 0.717) is 11.3 Å². The third-order valence-electron chi connectivity index (χ3n) is 4.38. The predicted molar refractivity (Wildman–Crippen MR) is 96.7 cm³/mol. The highest BCUT2D eigenvalue weighted by molar-refractivity contribution is 6.06. The van der Waals surface area contributed by atoms with Gasteiger partial charge in [-0.15, -0.1) is 0 Å². The SMILES string of the molecule is CC(CO)NC(=O)c1ccc(C2=NOC(C)C2c2cccc(F)c2)cc1. The lowest BCUT2D eigenvalue weighted by atomic mass is 9.86. The molecule has 0 aromatic heterocycles. The van der Waals surface area contributed by atoms with Crippen LogP contribution in [0, 0.1) is 5.82 Å². The second-order valence-electron chi connectivity index (χ2n) is 6.45. The van der Waals surface area contributed by atoms with Crippen molar-refractivity contribution in [2.45, 2.75) is 31.9 Å². The van der Waals surface area contributed by atoms with E-state index in [4.69, 9.17) is 9.94 Å². The van der Waals surface area contributed by atoms with Gasteiger partial charge in [0.1, 0.15) is 11.9 Å². The number of carbonyl (C=O) groups excluding carboxylic acids is 1. The Kier molecular flexibility index (Phi) is 5.32. The molecular formula is C20H21FN2O3. The summed E-state index contributed by atoms with van der Waals surface area (Å²) in [5.74, 6) is -0.733. The average Bonchev–Trinajstić information content (AvgIpc) is 3.03. The normalized spacial score (nSPS) is 20.2. The summed E-state index contributed by atoms with van der Waals surface area (Å²) in [6.07, 6.45) is -0.208. The average molecular weight is 356 g/mol. The van der Waals surface area contributed by atoms with Gasteiger partial charge in [0.15, 0.2) is 0 Å². The maximum Gasteiger partial charge on any atom is 0.251 e. The van der Waals surface area contributed by atoms with Crippen molar-refractivity contribution in [3.63, 3.8) is 0 Å². The van der Waals surface area contributed by atoms with Crippen LogP contribution in [0.4, 0.5) is 4.39 Å². The van der Waals surface area contributed by atoms with Crippen molar-refractivity contribution in [3.05, 3.63) is 71.0 Å². The molecule has 3 atom stereocenters. The van der Waals surface area contributed by atoms with E-state index in [-0.39, 0.29) is 36.4 Å². The molecule has 1 aliphatic heterocycles. The number of benzene rings is 2. The van der Waals surface area contributed by atoms with E-state index in [1.54, 1.807) is 37.3 Å². The van der Waals surface area contributed by atoms with Gasteiger partial charge in [0.2, 0.25) is 0 Å². The molecule has 0 bridgehead atoms. The fourth-order valence-electron chi connectivity index (χ4n) is 2.99. The van der Waals surface area contributed by atoms with Crippen LogP contribution in [0.25, 0.3) is 0 Å². The Morgan fingerprint density at radius 3 is 2.69 bits per heavy atom. The predicted octanol–water partition coefficient (Wildman–Crippen LogP) is 2.84. The summed E-state index contributed by atoms with van der Waals surface area (Å²) >= 11 is 0. The van der Waals surface area contributed by atoms with Gasteiger partial charge < -0.3 is 15.3 Å². The lowest BCUT2D eigenvalue weighted by Gasteiger charge is -2.16. The standard InChI is InChI=1S/C20H21FN2O3/c1-12(11-24)22-20(25)15-8-6-14(7-9-15)19-18(13(2)26-23-19)16-4-3-5-17(21)10-16/h3-10,12-13,18,24H,11H2,1-2H3,(H,22,25). The molecule has 2 N–H and O–H groups in total. The van der Waals surface area contributed by atoms with Crippen molar-refractivity contribution in [1.29, 1.82) is 0 Å². The van der Waals surface area contributed by atoms with E-state index in [1.165, 1.54) is 12.1 Å². The molecular weight excluding hydrogens is 335 g/mol. The van der Waals surface area contributed by atoms with Crippen molar-refractivity contribution in [3.8, 4) is 0 Å². The van der Waals surface area contributed by atoms with Gasteiger partial charge in [0.05, 0.1) is 18.2 Å². The lowest BCUT2D eigenvalue weighted by molar-refractivity contribution is 0.0904. The molecule has 0 saturated heterocycles. The number of oxime groups is 1. The molecule has 26 heavy (non-hydrogen) atoms. The van der Waals surface area contributed by atoms with Gasteiger partial charge in [-0.2, -0.15) is 0 Å². The summed E-state index contributed by atoms with van der Waals surface area (Å²) in [6, 6.07) is 13.1. The molecule has 2 aromatic carbocycles. The minimum absolute atomic E-state index is 0.120. The Morgan fingerprint density at radius 2 is 2.04 bits per heavy atom. The maximum absolute atomic E-state index is 13.6. The summed E-state index contributed by atoms with van der Waals surface area (Å²) < 4.78 is 13.6. The van der Waals surface area contributed by atoms with Crippen LogP contribution < -0.4 is 5.32 Å². The zero-order valence-electron chi connectivity index (χ0n) is 14.6. The van der Waals surface area contributed by atoms with Crippen LogP contribution >= 0.6 is 0 Å². The van der Waals surface area contributed by atoms with Crippen molar-refractivity contribution in [1.82, 2.24) is 5.32 Å². The largest absolute Gasteiger partial charge is 0.394 e. The lowest BCUT2D eigenvalue weighted by Crippen LogP contribution is -2.34. The third kappa shape index (κ3) is 3.75. The highest BCUT2D eigenvalue weighted by atomic mass is 19.1. The highest BCUT2D eigenvalue weighted by Crippen LogP contribution is 2.32. The smallest absolute Gasteiger partial charge is 0.251 e. The number of nitrogens with one attached hydrogen (secondary N) is 1. The second kappa shape index (κ2) is 7.66. The number of aliphatic hydroxyl groups excluding tert-OH is 1. The minimum Gasteiger partial charge on any atom is -0.394 e. The number of aliphatic hydroxyl groups is 1. The van der Waals surface area contributed by atoms with Gasteiger partial charge in [-0.1, -0.05) is 29.4 Å². The van der Waals surface area contributed by atoms with Gasteiger partial charge in [0, 0.05) is 17.2 Å². The first-order chi connectivity index (χ1) is 12.5. The molecule has 1 heterocycles. The first-order valence-corrected chi connectivity index (χ1v) is 8.51.